The Hall–Kier alpha value is -0.740. The van der Waals surface area contributed by atoms with Gasteiger partial charge in [0.1, 0.15) is 8.82 Å². The Kier molecular flexibility index (Phi) is 5.28. The molecule has 0 aliphatic rings. The van der Waals surface area contributed by atoms with Gasteiger partial charge in [0.2, 0.25) is 10.0 Å². The van der Waals surface area contributed by atoms with Gasteiger partial charge in [-0.2, -0.15) is 0 Å². The minimum Gasteiger partial charge on any atom is -0.468 e. The van der Waals surface area contributed by atoms with Crippen molar-refractivity contribution in [2.24, 2.45) is 0 Å². The first-order valence-electron chi connectivity index (χ1n) is 4.59. The Balaban J connectivity index is 2.66. The zero-order valence-electron chi connectivity index (χ0n) is 8.96. The van der Waals surface area contributed by atoms with E-state index in [1.165, 1.54) is 31.6 Å². The van der Waals surface area contributed by atoms with E-state index < -0.39 is 19.9 Å². The number of methoxy groups -OCH3 is 1. The number of ether oxygens (including phenoxy) is 1. The van der Waals surface area contributed by atoms with Crippen LogP contribution in [-0.4, -0.2) is 37.0 Å². The lowest BCUT2D eigenvalue weighted by molar-refractivity contribution is -0.139. The molecule has 0 spiro atoms. The quantitative estimate of drug-likeness (QED) is 0.459. The highest BCUT2D eigenvalue weighted by Crippen LogP contribution is 2.07. The van der Waals surface area contributed by atoms with E-state index in [-0.39, 0.29) is 11.4 Å². The first-order chi connectivity index (χ1) is 7.97. The van der Waals surface area contributed by atoms with Gasteiger partial charge in [0, 0.05) is 18.9 Å². The van der Waals surface area contributed by atoms with Gasteiger partial charge < -0.3 is 4.74 Å². The summed E-state index contributed by atoms with van der Waals surface area (Å²) in [6.45, 7) is -0.0234. The summed E-state index contributed by atoms with van der Waals surface area (Å²) in [6.07, 6.45) is 2.72. The Bertz CT molecular complexity index is 477. The molecule has 0 aliphatic heterocycles. The summed E-state index contributed by atoms with van der Waals surface area (Å²) in [7, 11) is -2.37. The number of esters is 1. The fourth-order valence-corrected chi connectivity index (χ4v) is 2.77. The predicted molar refractivity (Wildman–Crippen MR) is 69.2 cm³/mol. The third kappa shape index (κ3) is 4.21. The summed E-state index contributed by atoms with van der Waals surface area (Å²) in [5, 5.41) is 0. The van der Waals surface area contributed by atoms with Crippen molar-refractivity contribution in [1.29, 1.82) is 0 Å². The van der Waals surface area contributed by atoms with Crippen molar-refractivity contribution in [1.82, 2.24) is 9.71 Å². The second-order valence-electron chi connectivity index (χ2n) is 3.03. The van der Waals surface area contributed by atoms with Gasteiger partial charge in [-0.3, -0.25) is 9.78 Å². The van der Waals surface area contributed by atoms with E-state index in [1.807, 2.05) is 22.6 Å². The third-order valence-corrected chi connectivity index (χ3v) is 4.21. The number of hydrogen-bond donors (Lipinski definition) is 1. The van der Waals surface area contributed by atoms with Crippen LogP contribution in [0.25, 0.3) is 0 Å². The van der Waals surface area contributed by atoms with Crippen LogP contribution in [0.3, 0.4) is 0 Å². The minimum atomic E-state index is -3.62. The largest absolute Gasteiger partial charge is 0.468 e. The topological polar surface area (TPSA) is 85.4 Å². The first kappa shape index (κ1) is 14.3. The fraction of sp³-hybridized carbons (Fsp3) is 0.333. The molecule has 0 fully saturated rings. The number of alkyl halides is 1. The van der Waals surface area contributed by atoms with Crippen LogP contribution in [0.15, 0.2) is 29.4 Å². The lowest BCUT2D eigenvalue weighted by Crippen LogP contribution is -2.33. The summed E-state index contributed by atoms with van der Waals surface area (Å²) in [6, 6.07) is 2.95. The summed E-state index contributed by atoms with van der Waals surface area (Å²) in [5.74, 6) is -0.473. The molecule has 0 radical (unpaired) electrons. The van der Waals surface area contributed by atoms with Crippen molar-refractivity contribution >= 4 is 38.6 Å². The van der Waals surface area contributed by atoms with Gasteiger partial charge in [0.15, 0.2) is 0 Å². The van der Waals surface area contributed by atoms with Gasteiger partial charge in [-0.15, -0.1) is 0 Å². The lowest BCUT2D eigenvalue weighted by Gasteiger charge is -2.09. The second-order valence-corrected chi connectivity index (χ2v) is 6.30. The molecule has 1 N–H and O–H groups in total. The van der Waals surface area contributed by atoms with Gasteiger partial charge in [-0.1, -0.05) is 22.6 Å². The van der Waals surface area contributed by atoms with E-state index in [9.17, 15) is 13.2 Å². The number of aromatic nitrogens is 1. The molecule has 94 valence electrons. The molecule has 6 nitrogen and oxygen atoms in total. The molecule has 1 rings (SSSR count). The number of nitrogens with zero attached hydrogens (tertiary/aromatic N) is 1. The van der Waals surface area contributed by atoms with Gasteiger partial charge in [-0.25, -0.2) is 13.1 Å². The Morgan fingerprint density at radius 1 is 1.65 bits per heavy atom. The van der Waals surface area contributed by atoms with E-state index >= 15 is 0 Å². The summed E-state index contributed by atoms with van der Waals surface area (Å²) in [5.41, 5.74) is 0. The third-order valence-electron chi connectivity index (χ3n) is 1.85. The number of halogens is 1. The van der Waals surface area contributed by atoms with Crippen molar-refractivity contribution in [3.63, 3.8) is 0 Å². The van der Waals surface area contributed by atoms with E-state index in [2.05, 4.69) is 14.4 Å². The van der Waals surface area contributed by atoms with Crippen LogP contribution in [-0.2, 0) is 19.6 Å². The maximum Gasteiger partial charge on any atom is 0.319 e. The van der Waals surface area contributed by atoms with Crippen LogP contribution in [0.5, 0.6) is 0 Å². The van der Waals surface area contributed by atoms with Gasteiger partial charge in [0.25, 0.3) is 0 Å². The lowest BCUT2D eigenvalue weighted by atomic mass is 10.4. The average molecular weight is 370 g/mol. The van der Waals surface area contributed by atoms with Crippen LogP contribution < -0.4 is 4.72 Å². The van der Waals surface area contributed by atoms with Crippen molar-refractivity contribution in [3.8, 4) is 0 Å². The normalized spacial score (nSPS) is 13.1. The van der Waals surface area contributed by atoms with Gasteiger partial charge in [0.05, 0.1) is 7.11 Å². The van der Waals surface area contributed by atoms with Crippen LogP contribution in [0.4, 0.5) is 0 Å². The number of nitrogens with one attached hydrogen (secondary N) is 1. The Labute approximate surface area is 113 Å². The van der Waals surface area contributed by atoms with Gasteiger partial charge >= 0.3 is 5.97 Å². The molecule has 1 aromatic rings. The molecule has 1 unspecified atom stereocenters. The molecule has 0 bridgehead atoms. The van der Waals surface area contributed by atoms with Crippen molar-refractivity contribution in [2.45, 2.75) is 8.82 Å². The van der Waals surface area contributed by atoms with E-state index in [1.54, 1.807) is 0 Å². The van der Waals surface area contributed by atoms with E-state index in [0.717, 1.165) is 0 Å². The molecule has 1 aromatic heterocycles. The standard InChI is InChI=1S/C9H11IN2O4S/c1-16-9(13)8(10)6-12-17(14,15)7-3-2-4-11-5-7/h2-5,8,12H,6H2,1H3. The highest BCUT2D eigenvalue weighted by Gasteiger charge is 2.20. The number of rotatable bonds is 5. The number of carbonyl (C=O) groups is 1. The number of pyridine rings is 1. The number of carbonyl (C=O) groups excluding carboxylic acids is 1. The number of sulfonamides is 1. The monoisotopic (exact) mass is 370 g/mol. The maximum absolute atomic E-state index is 11.7. The second kappa shape index (κ2) is 6.26. The highest BCUT2D eigenvalue weighted by molar-refractivity contribution is 14.1. The molecule has 1 atom stereocenters. The SMILES string of the molecule is COC(=O)C(I)CNS(=O)(=O)c1cccnc1. The smallest absolute Gasteiger partial charge is 0.319 e. The van der Waals surface area contributed by atoms with Crippen LogP contribution >= 0.6 is 22.6 Å². The van der Waals surface area contributed by atoms with E-state index in [4.69, 9.17) is 0 Å². The molecular weight excluding hydrogens is 359 g/mol. The predicted octanol–water partition coefficient (Wildman–Crippen LogP) is 0.336. The molecule has 0 amide bonds. The molecule has 0 saturated heterocycles. The zero-order chi connectivity index (χ0) is 12.9. The van der Waals surface area contributed by atoms with Crippen LogP contribution in [0.2, 0.25) is 0 Å². The summed E-state index contributed by atoms with van der Waals surface area (Å²) in [4.78, 5) is 14.9. The van der Waals surface area contributed by atoms with Crippen LogP contribution in [0.1, 0.15) is 0 Å². The van der Waals surface area contributed by atoms with E-state index in [0.29, 0.717) is 0 Å². The summed E-state index contributed by atoms with van der Waals surface area (Å²) >= 11 is 1.81. The minimum absolute atomic E-state index is 0.0234. The van der Waals surface area contributed by atoms with Crippen molar-refractivity contribution in [2.75, 3.05) is 13.7 Å². The molecule has 0 aromatic carbocycles. The zero-order valence-corrected chi connectivity index (χ0v) is 11.9. The summed E-state index contributed by atoms with van der Waals surface area (Å²) < 4.78 is 29.7. The maximum atomic E-state index is 11.7. The van der Waals surface area contributed by atoms with Crippen molar-refractivity contribution < 1.29 is 17.9 Å². The fourth-order valence-electron chi connectivity index (χ4n) is 0.983. The molecule has 1 heterocycles. The molecular formula is C9H11IN2O4S. The molecule has 0 saturated carbocycles. The van der Waals surface area contributed by atoms with Crippen LogP contribution in [0, 0.1) is 0 Å². The molecule has 0 aliphatic carbocycles. The number of hydrogen-bond acceptors (Lipinski definition) is 5. The first-order valence-corrected chi connectivity index (χ1v) is 7.32. The van der Waals surface area contributed by atoms with Gasteiger partial charge in [-0.05, 0) is 12.1 Å². The Morgan fingerprint density at radius 2 is 2.35 bits per heavy atom. The highest BCUT2D eigenvalue weighted by atomic mass is 127. The molecule has 8 heteroatoms. The van der Waals surface area contributed by atoms with Crippen molar-refractivity contribution in [3.05, 3.63) is 24.5 Å². The average Bonchev–Trinajstić information content (AvgIpc) is 2.36. The Morgan fingerprint density at radius 3 is 2.88 bits per heavy atom. The molecule has 17 heavy (non-hydrogen) atoms.